The number of aromatic nitrogens is 1. The number of thiazole rings is 1. The van der Waals surface area contributed by atoms with Crippen molar-refractivity contribution in [2.75, 3.05) is 5.32 Å². The summed E-state index contributed by atoms with van der Waals surface area (Å²) in [6.45, 7) is 0. The van der Waals surface area contributed by atoms with Crippen LogP contribution in [0.3, 0.4) is 0 Å². The van der Waals surface area contributed by atoms with Gasteiger partial charge in [-0.15, -0.1) is 0 Å². The van der Waals surface area contributed by atoms with E-state index in [1.165, 1.54) is 11.3 Å². The molecule has 0 spiro atoms. The highest BCUT2D eigenvalue weighted by Gasteiger charge is 2.51. The van der Waals surface area contributed by atoms with Crippen molar-refractivity contribution in [2.45, 2.75) is 6.42 Å². The Balaban J connectivity index is 1.59. The number of allylic oxidation sites excluding steroid dienone is 2. The Morgan fingerprint density at radius 1 is 1.26 bits per heavy atom. The first-order valence-corrected chi connectivity index (χ1v) is 9.20. The van der Waals surface area contributed by atoms with Crippen molar-refractivity contribution in [3.8, 4) is 0 Å². The van der Waals surface area contributed by atoms with Crippen molar-refractivity contribution in [1.82, 2.24) is 4.98 Å². The summed E-state index contributed by atoms with van der Waals surface area (Å²) in [5.74, 6) is -2.25. The molecule has 0 radical (unpaired) electrons. The van der Waals surface area contributed by atoms with Gasteiger partial charge in [-0.3, -0.25) is 9.59 Å². The van der Waals surface area contributed by atoms with E-state index in [1.54, 1.807) is 0 Å². The first kappa shape index (κ1) is 15.1. The summed E-state index contributed by atoms with van der Waals surface area (Å²) in [4.78, 5) is 28.5. The molecule has 0 saturated heterocycles. The molecule has 4 atom stereocenters. The Hall–Kier alpha value is -1.48. The second-order valence-corrected chi connectivity index (χ2v) is 8.23. The molecule has 2 N–H and O–H groups in total. The van der Waals surface area contributed by atoms with Crippen LogP contribution in [0.1, 0.15) is 6.42 Å². The predicted octanol–water partition coefficient (Wildman–Crippen LogP) is 3.36. The van der Waals surface area contributed by atoms with Gasteiger partial charge in [-0.05, 0) is 59.0 Å². The van der Waals surface area contributed by atoms with Gasteiger partial charge in [0.05, 0.1) is 22.1 Å². The fraction of sp³-hybridized carbons (Fsp3) is 0.312. The highest BCUT2D eigenvalue weighted by molar-refractivity contribution is 14.1. The largest absolute Gasteiger partial charge is 0.481 e. The fourth-order valence-corrected chi connectivity index (χ4v) is 5.27. The summed E-state index contributed by atoms with van der Waals surface area (Å²) < 4.78 is 2.12. The lowest BCUT2D eigenvalue weighted by Crippen LogP contribution is -2.36. The number of nitrogens with one attached hydrogen (secondary N) is 1. The van der Waals surface area contributed by atoms with Crippen LogP contribution in [0.25, 0.3) is 10.2 Å². The number of carbonyl (C=O) groups is 2. The summed E-state index contributed by atoms with van der Waals surface area (Å²) in [5.41, 5.74) is 0.841. The molecule has 1 heterocycles. The maximum absolute atomic E-state index is 12.6. The number of nitrogens with zero attached hydrogens (tertiary/aromatic N) is 1. The minimum absolute atomic E-state index is 0.0230. The Labute approximate surface area is 149 Å². The number of carbonyl (C=O) groups excluding carboxylic acids is 1. The average Bonchev–Trinajstić information content (AvgIpc) is 3.18. The average molecular weight is 440 g/mol. The lowest BCUT2D eigenvalue weighted by molar-refractivity contribution is -0.146. The molecular weight excluding hydrogens is 427 g/mol. The number of aliphatic carboxylic acids is 1. The number of fused-ring (bicyclic) bond motifs is 3. The van der Waals surface area contributed by atoms with E-state index in [9.17, 15) is 14.7 Å². The van der Waals surface area contributed by atoms with Crippen molar-refractivity contribution >= 4 is 61.2 Å². The van der Waals surface area contributed by atoms with Gasteiger partial charge in [0.15, 0.2) is 5.13 Å². The van der Waals surface area contributed by atoms with Crippen LogP contribution in [0.4, 0.5) is 5.13 Å². The van der Waals surface area contributed by atoms with Crippen LogP contribution >= 0.6 is 33.9 Å². The zero-order valence-electron chi connectivity index (χ0n) is 11.9. The highest BCUT2D eigenvalue weighted by Crippen LogP contribution is 2.48. The smallest absolute Gasteiger partial charge is 0.307 e. The van der Waals surface area contributed by atoms with E-state index < -0.39 is 17.8 Å². The number of anilines is 1. The van der Waals surface area contributed by atoms with E-state index in [2.05, 4.69) is 32.9 Å². The summed E-state index contributed by atoms with van der Waals surface area (Å²) in [6.07, 6.45) is 4.68. The van der Waals surface area contributed by atoms with E-state index >= 15 is 0 Å². The van der Waals surface area contributed by atoms with Gasteiger partial charge in [0, 0.05) is 3.57 Å². The summed E-state index contributed by atoms with van der Waals surface area (Å²) in [7, 11) is 0. The molecule has 2 aliphatic carbocycles. The highest BCUT2D eigenvalue weighted by atomic mass is 127. The molecule has 5 nitrogen and oxygen atoms in total. The van der Waals surface area contributed by atoms with Crippen molar-refractivity contribution < 1.29 is 14.7 Å². The fourth-order valence-electron chi connectivity index (χ4n) is 3.66. The molecule has 2 aromatic rings. The molecule has 23 heavy (non-hydrogen) atoms. The summed E-state index contributed by atoms with van der Waals surface area (Å²) >= 11 is 3.65. The van der Waals surface area contributed by atoms with Gasteiger partial charge >= 0.3 is 5.97 Å². The molecule has 2 bridgehead atoms. The van der Waals surface area contributed by atoms with E-state index in [0.717, 1.165) is 20.2 Å². The molecule has 2 aliphatic rings. The Morgan fingerprint density at radius 2 is 2.00 bits per heavy atom. The van der Waals surface area contributed by atoms with Crippen LogP contribution in [-0.2, 0) is 9.59 Å². The standard InChI is InChI=1S/C16H13IN2O3S/c17-9-3-4-10-11(6-9)23-16(18-10)19-14(20)12-7-1-2-8(5-7)13(12)15(21)22/h1-4,6-8,12-13H,5H2,(H,21,22)(H,18,19,20)/t7?,8?,12-,13+/m1/s1. The predicted molar refractivity (Wildman–Crippen MR) is 96.3 cm³/mol. The van der Waals surface area contributed by atoms with Crippen molar-refractivity contribution in [3.05, 3.63) is 33.9 Å². The van der Waals surface area contributed by atoms with E-state index in [0.29, 0.717) is 5.13 Å². The van der Waals surface area contributed by atoms with Gasteiger partial charge in [-0.1, -0.05) is 23.5 Å². The molecule has 1 saturated carbocycles. The molecule has 1 fully saturated rings. The van der Waals surface area contributed by atoms with Gasteiger partial charge in [-0.25, -0.2) is 4.98 Å². The Morgan fingerprint density at radius 3 is 2.74 bits per heavy atom. The molecule has 1 amide bonds. The Kier molecular flexibility index (Phi) is 3.64. The second kappa shape index (κ2) is 5.55. The topological polar surface area (TPSA) is 79.3 Å². The Bertz CT molecular complexity index is 847. The molecule has 7 heteroatoms. The number of rotatable bonds is 3. The molecule has 1 aromatic heterocycles. The minimum Gasteiger partial charge on any atom is -0.481 e. The SMILES string of the molecule is O=C(Nc1nc2ccc(I)cc2s1)[C@@H]1C2C=CC(C2)[C@@H]1C(=O)O. The minimum atomic E-state index is -0.888. The van der Waals surface area contributed by atoms with Gasteiger partial charge in [0.25, 0.3) is 0 Å². The van der Waals surface area contributed by atoms with Crippen LogP contribution < -0.4 is 5.32 Å². The number of amides is 1. The van der Waals surface area contributed by atoms with Crippen molar-refractivity contribution in [3.63, 3.8) is 0 Å². The third-order valence-corrected chi connectivity index (χ3v) is 6.23. The van der Waals surface area contributed by atoms with Gasteiger partial charge in [-0.2, -0.15) is 0 Å². The first-order chi connectivity index (χ1) is 11.0. The van der Waals surface area contributed by atoms with Crippen molar-refractivity contribution in [2.24, 2.45) is 23.7 Å². The molecule has 0 aliphatic heterocycles. The van der Waals surface area contributed by atoms with Crippen LogP contribution in [-0.4, -0.2) is 22.0 Å². The van der Waals surface area contributed by atoms with Crippen LogP contribution in [0.5, 0.6) is 0 Å². The van der Waals surface area contributed by atoms with Gasteiger partial charge < -0.3 is 10.4 Å². The summed E-state index contributed by atoms with van der Waals surface area (Å²) in [6, 6.07) is 5.91. The quantitative estimate of drug-likeness (QED) is 0.567. The van der Waals surface area contributed by atoms with Crippen molar-refractivity contribution in [1.29, 1.82) is 0 Å². The van der Waals surface area contributed by atoms with Gasteiger partial charge in [0.2, 0.25) is 5.91 Å². The normalized spacial score (nSPS) is 28.4. The van der Waals surface area contributed by atoms with Crippen LogP contribution in [0.15, 0.2) is 30.4 Å². The lowest BCUT2D eigenvalue weighted by Gasteiger charge is -2.23. The van der Waals surface area contributed by atoms with E-state index in [-0.39, 0.29) is 17.7 Å². The maximum atomic E-state index is 12.6. The molecular formula is C16H13IN2O3S. The number of carboxylic acids is 1. The number of carboxylic acid groups (broad SMARTS) is 1. The van der Waals surface area contributed by atoms with Crippen LogP contribution in [0.2, 0.25) is 0 Å². The lowest BCUT2D eigenvalue weighted by atomic mass is 9.82. The van der Waals surface area contributed by atoms with E-state index in [4.69, 9.17) is 0 Å². The molecule has 118 valence electrons. The van der Waals surface area contributed by atoms with Crippen LogP contribution in [0, 0.1) is 27.2 Å². The van der Waals surface area contributed by atoms with Gasteiger partial charge in [0.1, 0.15) is 0 Å². The molecule has 4 rings (SSSR count). The number of benzene rings is 1. The molecule has 2 unspecified atom stereocenters. The number of hydrogen-bond acceptors (Lipinski definition) is 4. The monoisotopic (exact) mass is 440 g/mol. The summed E-state index contributed by atoms with van der Waals surface area (Å²) in [5, 5.41) is 12.8. The van der Waals surface area contributed by atoms with E-state index in [1.807, 2.05) is 30.4 Å². The third-order valence-electron chi connectivity index (χ3n) is 4.63. The number of halogens is 1. The number of hydrogen-bond donors (Lipinski definition) is 2. The second-order valence-electron chi connectivity index (χ2n) is 5.96. The maximum Gasteiger partial charge on any atom is 0.307 e. The first-order valence-electron chi connectivity index (χ1n) is 7.31. The zero-order chi connectivity index (χ0) is 16.1. The zero-order valence-corrected chi connectivity index (χ0v) is 14.9. The molecule has 1 aromatic carbocycles. The third kappa shape index (κ3) is 2.55.